The summed E-state index contributed by atoms with van der Waals surface area (Å²) in [4.78, 5) is 0. The molecule has 0 N–H and O–H groups in total. The molecule has 2 fully saturated rings. The van der Waals surface area contributed by atoms with Crippen molar-refractivity contribution in [3.8, 4) is 0 Å². The normalized spacial score (nSPS) is 35.6. The zero-order valence-corrected chi connectivity index (χ0v) is 21.4. The second kappa shape index (κ2) is 9.41. The van der Waals surface area contributed by atoms with E-state index >= 15 is 0 Å². The SMILES string of the molecule is C=CCC[C@@H]1C[C@H](O[Si](C)(C)C(C)(C)C)[C@H]([C@H]2C[C@H](C)[C@@H](/C=C(/C)I)O2)O1. The van der Waals surface area contributed by atoms with Crippen LogP contribution in [0.4, 0.5) is 0 Å². The first-order valence-corrected chi connectivity index (χ1v) is 14.4. The van der Waals surface area contributed by atoms with Crippen molar-refractivity contribution in [3.63, 3.8) is 0 Å². The number of ether oxygens (including phenoxy) is 2. The maximum atomic E-state index is 6.84. The molecule has 0 unspecified atom stereocenters. The first-order valence-electron chi connectivity index (χ1n) is 10.4. The molecule has 0 spiro atoms. The highest BCUT2D eigenvalue weighted by Gasteiger charge is 2.49. The van der Waals surface area contributed by atoms with Crippen LogP contribution in [-0.2, 0) is 13.9 Å². The maximum absolute atomic E-state index is 6.84. The molecule has 2 aliphatic rings. The van der Waals surface area contributed by atoms with Gasteiger partial charge in [-0.1, -0.05) is 33.8 Å². The van der Waals surface area contributed by atoms with Gasteiger partial charge in [-0.2, -0.15) is 0 Å². The molecule has 0 radical (unpaired) electrons. The highest BCUT2D eigenvalue weighted by atomic mass is 127. The van der Waals surface area contributed by atoms with Crippen molar-refractivity contribution in [2.45, 2.75) is 109 Å². The topological polar surface area (TPSA) is 27.7 Å². The van der Waals surface area contributed by atoms with Crippen LogP contribution in [0.1, 0.15) is 60.3 Å². The summed E-state index contributed by atoms with van der Waals surface area (Å²) in [5.74, 6) is 0.518. The van der Waals surface area contributed by atoms with Crippen molar-refractivity contribution in [2.24, 2.45) is 5.92 Å². The quantitative estimate of drug-likeness (QED) is 0.220. The molecule has 2 rings (SSSR count). The Morgan fingerprint density at radius 2 is 1.93 bits per heavy atom. The van der Waals surface area contributed by atoms with Gasteiger partial charge in [0.25, 0.3) is 0 Å². The molecule has 6 atom stereocenters. The maximum Gasteiger partial charge on any atom is 0.192 e. The minimum atomic E-state index is -1.85. The fourth-order valence-electron chi connectivity index (χ4n) is 3.78. The lowest BCUT2D eigenvalue weighted by Crippen LogP contribution is -2.48. The van der Waals surface area contributed by atoms with E-state index < -0.39 is 8.32 Å². The fourth-order valence-corrected chi connectivity index (χ4v) is 5.47. The Hall–Kier alpha value is 0.307. The van der Waals surface area contributed by atoms with E-state index in [1.807, 2.05) is 6.08 Å². The van der Waals surface area contributed by atoms with Crippen molar-refractivity contribution in [3.05, 3.63) is 22.3 Å². The van der Waals surface area contributed by atoms with E-state index in [2.05, 4.69) is 83.0 Å². The summed E-state index contributed by atoms with van der Waals surface area (Å²) in [5, 5.41) is 0.199. The molecule has 2 heterocycles. The Bertz CT molecular complexity index is 536. The van der Waals surface area contributed by atoms with E-state index in [4.69, 9.17) is 13.9 Å². The zero-order chi connectivity index (χ0) is 20.4. The molecule has 0 saturated carbocycles. The third-order valence-electron chi connectivity index (χ3n) is 6.41. The number of hydrogen-bond donors (Lipinski definition) is 0. The third kappa shape index (κ3) is 6.14. The second-order valence-corrected chi connectivity index (χ2v) is 16.3. The van der Waals surface area contributed by atoms with Crippen LogP contribution < -0.4 is 0 Å². The van der Waals surface area contributed by atoms with Gasteiger partial charge in [0.2, 0.25) is 0 Å². The van der Waals surface area contributed by atoms with E-state index in [0.717, 1.165) is 25.7 Å². The summed E-state index contributed by atoms with van der Waals surface area (Å²) >= 11 is 2.37. The van der Waals surface area contributed by atoms with Crippen molar-refractivity contribution in [2.75, 3.05) is 0 Å². The molecule has 3 nitrogen and oxygen atoms in total. The Morgan fingerprint density at radius 3 is 2.48 bits per heavy atom. The predicted octanol–water partition coefficient (Wildman–Crippen LogP) is 6.63. The van der Waals surface area contributed by atoms with Gasteiger partial charge in [0.05, 0.1) is 24.4 Å². The van der Waals surface area contributed by atoms with Crippen molar-refractivity contribution in [1.82, 2.24) is 0 Å². The van der Waals surface area contributed by atoms with Gasteiger partial charge >= 0.3 is 0 Å². The summed E-state index contributed by atoms with van der Waals surface area (Å²) in [5.41, 5.74) is 0. The van der Waals surface area contributed by atoms with E-state index in [1.54, 1.807) is 0 Å². The van der Waals surface area contributed by atoms with Crippen LogP contribution in [0.15, 0.2) is 22.3 Å². The van der Waals surface area contributed by atoms with Crippen molar-refractivity contribution >= 4 is 30.9 Å². The largest absolute Gasteiger partial charge is 0.411 e. The zero-order valence-electron chi connectivity index (χ0n) is 18.3. The molecule has 0 aliphatic carbocycles. The van der Waals surface area contributed by atoms with Crippen LogP contribution in [-0.4, -0.2) is 38.8 Å². The minimum Gasteiger partial charge on any atom is -0.411 e. The van der Waals surface area contributed by atoms with Crippen LogP contribution >= 0.6 is 22.6 Å². The molecular weight excluding hydrogens is 467 g/mol. The molecule has 0 amide bonds. The molecule has 156 valence electrons. The molecule has 2 saturated heterocycles. The monoisotopic (exact) mass is 506 g/mol. The van der Waals surface area contributed by atoms with Crippen LogP contribution in [0.3, 0.4) is 0 Å². The molecule has 0 aromatic carbocycles. The summed E-state index contributed by atoms with van der Waals surface area (Å²) in [6.07, 6.45) is 9.02. The smallest absolute Gasteiger partial charge is 0.192 e. The lowest BCUT2D eigenvalue weighted by molar-refractivity contribution is -0.0817. The van der Waals surface area contributed by atoms with Crippen LogP contribution in [0, 0.1) is 5.92 Å². The molecule has 2 aliphatic heterocycles. The van der Waals surface area contributed by atoms with Gasteiger partial charge < -0.3 is 13.9 Å². The molecule has 5 heteroatoms. The van der Waals surface area contributed by atoms with Crippen LogP contribution in [0.5, 0.6) is 0 Å². The first kappa shape index (κ1) is 23.6. The minimum absolute atomic E-state index is 0.0457. The lowest BCUT2D eigenvalue weighted by Gasteiger charge is -2.40. The van der Waals surface area contributed by atoms with Gasteiger partial charge in [-0.15, -0.1) is 6.58 Å². The first-order chi connectivity index (χ1) is 12.4. The van der Waals surface area contributed by atoms with E-state index in [-0.39, 0.29) is 35.6 Å². The van der Waals surface area contributed by atoms with Gasteiger partial charge in [-0.25, -0.2) is 0 Å². The van der Waals surface area contributed by atoms with E-state index in [1.165, 1.54) is 3.58 Å². The number of hydrogen-bond acceptors (Lipinski definition) is 3. The highest BCUT2D eigenvalue weighted by molar-refractivity contribution is 14.1. The third-order valence-corrected chi connectivity index (χ3v) is 11.3. The van der Waals surface area contributed by atoms with E-state index in [0.29, 0.717) is 5.92 Å². The molecule has 0 aromatic heterocycles. The van der Waals surface area contributed by atoms with Gasteiger partial charge in [0, 0.05) is 6.42 Å². The summed E-state index contributed by atoms with van der Waals surface area (Å²) in [6, 6.07) is 0. The Kier molecular flexibility index (Phi) is 8.22. The van der Waals surface area contributed by atoms with Crippen molar-refractivity contribution < 1.29 is 13.9 Å². The molecular formula is C22H39IO3Si. The number of allylic oxidation sites excluding steroid dienone is 2. The average Bonchev–Trinajstić information content (AvgIpc) is 3.07. The number of halogens is 1. The standard InChI is InChI=1S/C22H39IO3Si/c1-9-10-11-17-14-20(26-27(7,8)22(4,5)6)21(24-17)19-12-15(2)18(25-19)13-16(3)23/h9,13,15,17-21H,1,10-12,14H2,2-8H3/b16-13-/t15-,17+,18+,19+,20-,21-/m0/s1. The average molecular weight is 507 g/mol. The fraction of sp³-hybridized carbons (Fsp3) is 0.818. The van der Waals surface area contributed by atoms with Gasteiger partial charge in [-0.3, -0.25) is 0 Å². The summed E-state index contributed by atoms with van der Waals surface area (Å²) < 4.78 is 21.1. The molecule has 27 heavy (non-hydrogen) atoms. The van der Waals surface area contributed by atoms with Crippen LogP contribution in [0.2, 0.25) is 18.1 Å². The van der Waals surface area contributed by atoms with Gasteiger partial charge in [0.15, 0.2) is 8.32 Å². The lowest BCUT2D eigenvalue weighted by atomic mass is 9.97. The summed E-state index contributed by atoms with van der Waals surface area (Å²) in [6.45, 7) is 19.9. The highest BCUT2D eigenvalue weighted by Crippen LogP contribution is 2.43. The van der Waals surface area contributed by atoms with Crippen molar-refractivity contribution in [1.29, 1.82) is 0 Å². The van der Waals surface area contributed by atoms with Gasteiger partial charge in [-0.05, 0) is 82.5 Å². The van der Waals surface area contributed by atoms with E-state index in [9.17, 15) is 0 Å². The van der Waals surface area contributed by atoms with Crippen LogP contribution in [0.25, 0.3) is 0 Å². The Balaban J connectivity index is 2.15. The Labute approximate surface area is 181 Å². The Morgan fingerprint density at radius 1 is 1.26 bits per heavy atom. The molecule has 0 aromatic rings. The number of rotatable bonds is 7. The predicted molar refractivity (Wildman–Crippen MR) is 125 cm³/mol. The summed E-state index contributed by atoms with van der Waals surface area (Å²) in [7, 11) is -1.85. The molecule has 0 bridgehead atoms. The van der Waals surface area contributed by atoms with Gasteiger partial charge in [0.1, 0.15) is 6.10 Å². The second-order valence-electron chi connectivity index (χ2n) is 9.85.